The number of thioether (sulfide) groups is 1. The summed E-state index contributed by atoms with van der Waals surface area (Å²) in [5, 5.41) is 11.7. The number of hydrogen-bond donors (Lipinski definition) is 2. The van der Waals surface area contributed by atoms with Crippen molar-refractivity contribution >= 4 is 35.2 Å². The predicted octanol–water partition coefficient (Wildman–Crippen LogP) is 4.10. The molecule has 0 bridgehead atoms. The number of ether oxygens (including phenoxy) is 1. The van der Waals surface area contributed by atoms with E-state index < -0.39 is 11.2 Å². The van der Waals surface area contributed by atoms with E-state index in [0.717, 1.165) is 11.8 Å². The minimum absolute atomic E-state index is 0.278. The molecular weight excluding hydrogens is 374 g/mol. The summed E-state index contributed by atoms with van der Waals surface area (Å²) < 4.78 is 5.73. The van der Waals surface area contributed by atoms with E-state index in [4.69, 9.17) is 21.4 Å². The molecule has 0 fully saturated rings. The zero-order valence-corrected chi connectivity index (χ0v) is 16.0. The number of carboxylic acids is 1. The summed E-state index contributed by atoms with van der Waals surface area (Å²) in [7, 11) is 0. The number of benzene rings is 2. The van der Waals surface area contributed by atoms with Crippen LogP contribution in [0.4, 0.5) is 0 Å². The van der Waals surface area contributed by atoms with E-state index in [0.29, 0.717) is 21.2 Å². The molecule has 0 aliphatic carbocycles. The maximum absolute atomic E-state index is 12.5. The molecule has 0 aliphatic heterocycles. The molecule has 0 aliphatic rings. The van der Waals surface area contributed by atoms with E-state index in [2.05, 4.69) is 5.32 Å². The highest BCUT2D eigenvalue weighted by molar-refractivity contribution is 8.00. The lowest BCUT2D eigenvalue weighted by Crippen LogP contribution is -2.34. The zero-order chi connectivity index (χ0) is 19.1. The summed E-state index contributed by atoms with van der Waals surface area (Å²) in [6, 6.07) is 14.1. The van der Waals surface area contributed by atoms with E-state index in [1.807, 2.05) is 19.1 Å². The van der Waals surface area contributed by atoms with Crippen LogP contribution in [-0.2, 0) is 4.79 Å². The van der Waals surface area contributed by atoms with Gasteiger partial charge in [-0.25, -0.2) is 0 Å². The van der Waals surface area contributed by atoms with Gasteiger partial charge in [-0.2, -0.15) is 0 Å². The first-order chi connectivity index (χ1) is 12.4. The Bertz CT molecular complexity index is 784. The molecule has 138 valence electrons. The number of carboxylic acid groups (broad SMARTS) is 1. The number of rotatable bonds is 8. The van der Waals surface area contributed by atoms with Crippen LogP contribution >= 0.6 is 23.4 Å². The van der Waals surface area contributed by atoms with Crippen molar-refractivity contribution in [2.45, 2.75) is 30.1 Å². The molecule has 2 aromatic rings. The highest BCUT2D eigenvalue weighted by atomic mass is 35.5. The first-order valence-electron chi connectivity index (χ1n) is 8.06. The van der Waals surface area contributed by atoms with Gasteiger partial charge in [0.25, 0.3) is 5.91 Å². The zero-order valence-electron chi connectivity index (χ0n) is 14.4. The second-order valence-electron chi connectivity index (χ2n) is 5.66. The van der Waals surface area contributed by atoms with Crippen molar-refractivity contribution in [2.75, 3.05) is 6.54 Å². The Labute approximate surface area is 161 Å². The minimum atomic E-state index is -0.924. The number of nitrogens with one attached hydrogen (secondary N) is 1. The molecule has 2 N–H and O–H groups in total. The van der Waals surface area contributed by atoms with Crippen molar-refractivity contribution in [1.29, 1.82) is 0 Å². The maximum Gasteiger partial charge on any atom is 0.316 e. The van der Waals surface area contributed by atoms with Gasteiger partial charge in [-0.3, -0.25) is 9.59 Å². The number of aliphatic carboxylic acids is 1. The normalized spacial score (nSPS) is 12.9. The monoisotopic (exact) mass is 393 g/mol. The number of amides is 1. The van der Waals surface area contributed by atoms with Gasteiger partial charge in [0.05, 0.1) is 17.1 Å². The van der Waals surface area contributed by atoms with Crippen molar-refractivity contribution in [3.8, 4) is 5.75 Å². The quantitative estimate of drug-likeness (QED) is 0.660. The van der Waals surface area contributed by atoms with Crippen molar-refractivity contribution in [2.24, 2.45) is 0 Å². The van der Waals surface area contributed by atoms with Crippen LogP contribution in [-0.4, -0.2) is 34.9 Å². The van der Waals surface area contributed by atoms with Gasteiger partial charge in [0.15, 0.2) is 0 Å². The molecule has 0 saturated heterocycles. The van der Waals surface area contributed by atoms with Gasteiger partial charge >= 0.3 is 5.97 Å². The Kier molecular flexibility index (Phi) is 7.36. The van der Waals surface area contributed by atoms with E-state index in [9.17, 15) is 9.59 Å². The summed E-state index contributed by atoms with van der Waals surface area (Å²) in [6.45, 7) is 3.70. The smallest absolute Gasteiger partial charge is 0.316 e. The molecule has 1 amide bonds. The fourth-order valence-corrected chi connectivity index (χ4v) is 3.24. The van der Waals surface area contributed by atoms with Gasteiger partial charge in [-0.1, -0.05) is 35.9 Å². The molecule has 0 radical (unpaired) electrons. The highest BCUT2D eigenvalue weighted by Crippen LogP contribution is 2.27. The molecule has 0 spiro atoms. The molecule has 0 aromatic heterocycles. The Hall–Kier alpha value is -2.18. The third-order valence-electron chi connectivity index (χ3n) is 3.50. The van der Waals surface area contributed by atoms with Crippen LogP contribution in [0.25, 0.3) is 0 Å². The highest BCUT2D eigenvalue weighted by Gasteiger charge is 2.18. The molecule has 2 unspecified atom stereocenters. The van der Waals surface area contributed by atoms with Crippen molar-refractivity contribution in [3.63, 3.8) is 0 Å². The number of halogens is 1. The summed E-state index contributed by atoms with van der Waals surface area (Å²) in [5.41, 5.74) is 0.440. The SMILES string of the molecule is CC(CNC(=O)c1ccccc1SC(C)C(=O)O)Oc1ccccc1Cl. The van der Waals surface area contributed by atoms with Crippen LogP contribution in [0.3, 0.4) is 0 Å². The maximum atomic E-state index is 12.5. The Morgan fingerprint density at radius 3 is 2.50 bits per heavy atom. The van der Waals surface area contributed by atoms with E-state index >= 15 is 0 Å². The van der Waals surface area contributed by atoms with E-state index in [-0.39, 0.29) is 18.6 Å². The molecule has 5 nitrogen and oxygen atoms in total. The Morgan fingerprint density at radius 2 is 1.81 bits per heavy atom. The third kappa shape index (κ3) is 5.68. The van der Waals surface area contributed by atoms with Crippen LogP contribution in [0, 0.1) is 0 Å². The number of carbonyl (C=O) groups is 2. The van der Waals surface area contributed by atoms with Crippen LogP contribution in [0.5, 0.6) is 5.75 Å². The summed E-state index contributed by atoms with van der Waals surface area (Å²) >= 11 is 7.19. The van der Waals surface area contributed by atoms with E-state index in [1.165, 1.54) is 0 Å². The first-order valence-corrected chi connectivity index (χ1v) is 9.32. The largest absolute Gasteiger partial charge is 0.487 e. The first kappa shape index (κ1) is 20.1. The molecular formula is C19H20ClNO4S. The van der Waals surface area contributed by atoms with E-state index in [1.54, 1.807) is 43.3 Å². The molecule has 2 rings (SSSR count). The topological polar surface area (TPSA) is 75.6 Å². The number of para-hydroxylation sites is 1. The molecule has 26 heavy (non-hydrogen) atoms. The Balaban J connectivity index is 1.97. The summed E-state index contributed by atoms with van der Waals surface area (Å²) in [6.07, 6.45) is -0.281. The second-order valence-corrected chi connectivity index (χ2v) is 7.45. The van der Waals surface area contributed by atoms with Crippen LogP contribution < -0.4 is 10.1 Å². The predicted molar refractivity (Wildman–Crippen MR) is 103 cm³/mol. The van der Waals surface area contributed by atoms with Crippen molar-refractivity contribution in [1.82, 2.24) is 5.32 Å². The average molecular weight is 394 g/mol. The number of hydrogen-bond acceptors (Lipinski definition) is 4. The summed E-state index contributed by atoms with van der Waals surface area (Å²) in [4.78, 5) is 24.2. The fourth-order valence-electron chi connectivity index (χ4n) is 2.13. The molecule has 2 atom stereocenters. The van der Waals surface area contributed by atoms with Crippen molar-refractivity contribution < 1.29 is 19.4 Å². The van der Waals surface area contributed by atoms with Crippen LogP contribution in [0.2, 0.25) is 5.02 Å². The van der Waals surface area contributed by atoms with Gasteiger partial charge in [-0.05, 0) is 38.1 Å². The second kappa shape index (κ2) is 9.50. The molecule has 2 aromatic carbocycles. The number of carbonyl (C=O) groups excluding carboxylic acids is 1. The molecule has 0 saturated carbocycles. The van der Waals surface area contributed by atoms with Gasteiger partial charge in [0.2, 0.25) is 0 Å². The van der Waals surface area contributed by atoms with Gasteiger partial charge in [-0.15, -0.1) is 11.8 Å². The molecule has 0 heterocycles. The lowest BCUT2D eigenvalue weighted by Gasteiger charge is -2.17. The third-order valence-corrected chi connectivity index (χ3v) is 4.98. The van der Waals surface area contributed by atoms with Crippen LogP contribution in [0.1, 0.15) is 24.2 Å². The molecule has 7 heteroatoms. The standard InChI is InChI=1S/C19H20ClNO4S/c1-12(25-16-9-5-4-8-15(16)20)11-21-18(22)14-7-3-6-10-17(14)26-13(2)19(23)24/h3-10,12-13H,11H2,1-2H3,(H,21,22)(H,23,24). The lowest BCUT2D eigenvalue weighted by atomic mass is 10.2. The van der Waals surface area contributed by atoms with Crippen LogP contribution in [0.15, 0.2) is 53.4 Å². The lowest BCUT2D eigenvalue weighted by molar-refractivity contribution is -0.136. The Morgan fingerprint density at radius 1 is 1.15 bits per heavy atom. The van der Waals surface area contributed by atoms with Gasteiger partial charge in [0.1, 0.15) is 17.1 Å². The summed E-state index contributed by atoms with van der Waals surface area (Å²) in [5.74, 6) is -0.644. The van der Waals surface area contributed by atoms with Gasteiger partial charge in [0, 0.05) is 4.90 Å². The average Bonchev–Trinajstić information content (AvgIpc) is 2.62. The van der Waals surface area contributed by atoms with Gasteiger partial charge < -0.3 is 15.2 Å². The minimum Gasteiger partial charge on any atom is -0.487 e. The fraction of sp³-hybridized carbons (Fsp3) is 0.263. The van der Waals surface area contributed by atoms with Crippen molar-refractivity contribution in [3.05, 3.63) is 59.1 Å².